The van der Waals surface area contributed by atoms with Gasteiger partial charge < -0.3 is 14.8 Å². The summed E-state index contributed by atoms with van der Waals surface area (Å²) < 4.78 is 11.7. The summed E-state index contributed by atoms with van der Waals surface area (Å²) in [7, 11) is 0. The zero-order valence-electron chi connectivity index (χ0n) is 15.5. The number of hydrogen-bond donors (Lipinski definition) is 1. The van der Waals surface area contributed by atoms with Crippen molar-refractivity contribution in [1.82, 2.24) is 5.32 Å². The smallest absolute Gasteiger partial charge is 0.161 e. The van der Waals surface area contributed by atoms with Crippen LogP contribution in [0.3, 0.4) is 0 Å². The Kier molecular flexibility index (Phi) is 9.04. The fraction of sp³-hybridized carbons (Fsp3) is 0.429. The summed E-state index contributed by atoms with van der Waals surface area (Å²) >= 11 is 12.2. The fourth-order valence-corrected chi connectivity index (χ4v) is 3.70. The molecule has 1 N–H and O–H groups in total. The van der Waals surface area contributed by atoms with Crippen molar-refractivity contribution >= 4 is 35.6 Å². The third-order valence-corrected chi connectivity index (χ3v) is 5.24. The molecule has 3 rings (SSSR count). The average molecular weight is 431 g/mol. The molecule has 1 aliphatic rings. The molecule has 2 aromatic rings. The zero-order valence-corrected chi connectivity index (χ0v) is 17.8. The van der Waals surface area contributed by atoms with Crippen LogP contribution in [-0.4, -0.2) is 12.6 Å². The molecule has 27 heavy (non-hydrogen) atoms. The molecule has 0 amide bonds. The fourth-order valence-electron chi connectivity index (χ4n) is 3.24. The van der Waals surface area contributed by atoms with Gasteiger partial charge >= 0.3 is 0 Å². The van der Waals surface area contributed by atoms with Crippen molar-refractivity contribution in [2.45, 2.75) is 51.8 Å². The molecule has 1 aliphatic carbocycles. The molecule has 0 atom stereocenters. The van der Waals surface area contributed by atoms with Crippen LogP contribution in [0.15, 0.2) is 36.4 Å². The van der Waals surface area contributed by atoms with E-state index in [4.69, 9.17) is 32.7 Å². The SMILES string of the molecule is CCOc1cc(CNC2CCCC2)ccc1OCc1ccc(Cl)cc1Cl.Cl. The average Bonchev–Trinajstić information content (AvgIpc) is 3.14. The van der Waals surface area contributed by atoms with Crippen molar-refractivity contribution in [2.24, 2.45) is 0 Å². The Morgan fingerprint density at radius 2 is 1.78 bits per heavy atom. The van der Waals surface area contributed by atoms with E-state index in [-0.39, 0.29) is 12.4 Å². The lowest BCUT2D eigenvalue weighted by molar-refractivity contribution is 0.269. The predicted molar refractivity (Wildman–Crippen MR) is 115 cm³/mol. The van der Waals surface area contributed by atoms with Gasteiger partial charge in [0.05, 0.1) is 6.61 Å². The molecule has 0 saturated heterocycles. The van der Waals surface area contributed by atoms with Gasteiger partial charge in [-0.25, -0.2) is 0 Å². The van der Waals surface area contributed by atoms with E-state index >= 15 is 0 Å². The first-order valence-corrected chi connectivity index (χ1v) is 9.97. The molecule has 2 aromatic carbocycles. The number of benzene rings is 2. The molecule has 0 bridgehead atoms. The number of ether oxygens (including phenoxy) is 2. The minimum atomic E-state index is 0. The number of nitrogens with one attached hydrogen (secondary N) is 1. The van der Waals surface area contributed by atoms with Crippen molar-refractivity contribution in [3.05, 3.63) is 57.6 Å². The van der Waals surface area contributed by atoms with Crippen LogP contribution in [0.2, 0.25) is 10.0 Å². The monoisotopic (exact) mass is 429 g/mol. The molecule has 0 radical (unpaired) electrons. The summed E-state index contributed by atoms with van der Waals surface area (Å²) in [6.07, 6.45) is 5.23. The Balaban J connectivity index is 0.00000261. The molecule has 148 valence electrons. The second-order valence-electron chi connectivity index (χ2n) is 6.60. The van der Waals surface area contributed by atoms with Gasteiger partial charge in [0.25, 0.3) is 0 Å². The molecule has 0 unspecified atom stereocenters. The van der Waals surface area contributed by atoms with Crippen LogP contribution in [0.1, 0.15) is 43.7 Å². The van der Waals surface area contributed by atoms with Gasteiger partial charge in [-0.2, -0.15) is 0 Å². The number of halogens is 3. The lowest BCUT2D eigenvalue weighted by Gasteiger charge is -2.16. The Morgan fingerprint density at radius 1 is 1.00 bits per heavy atom. The van der Waals surface area contributed by atoms with E-state index in [2.05, 4.69) is 17.4 Å². The van der Waals surface area contributed by atoms with E-state index in [1.54, 1.807) is 6.07 Å². The Bertz CT molecular complexity index is 733. The number of rotatable bonds is 8. The highest BCUT2D eigenvalue weighted by Gasteiger charge is 2.14. The highest BCUT2D eigenvalue weighted by Crippen LogP contribution is 2.31. The van der Waals surface area contributed by atoms with E-state index in [1.807, 2.05) is 25.1 Å². The molecule has 1 fully saturated rings. The van der Waals surface area contributed by atoms with Gasteiger partial charge in [0.2, 0.25) is 0 Å². The lowest BCUT2D eigenvalue weighted by Crippen LogP contribution is -2.25. The maximum Gasteiger partial charge on any atom is 0.161 e. The normalized spacial score (nSPS) is 14.0. The second-order valence-corrected chi connectivity index (χ2v) is 7.44. The van der Waals surface area contributed by atoms with Crippen molar-refractivity contribution < 1.29 is 9.47 Å². The standard InChI is InChI=1S/C21H25Cl2NO2.ClH/c1-2-25-21-11-15(13-24-18-5-3-4-6-18)7-10-20(21)26-14-16-8-9-17(22)12-19(16)23;/h7-12,18,24H,2-6,13-14H2,1H3;1H. The first-order chi connectivity index (χ1) is 12.7. The molecular weight excluding hydrogens is 405 g/mol. The molecule has 0 aromatic heterocycles. The first kappa shape index (κ1) is 22.2. The van der Waals surface area contributed by atoms with Gasteiger partial charge in [-0.05, 0) is 49.6 Å². The second kappa shape index (κ2) is 11.0. The highest BCUT2D eigenvalue weighted by atomic mass is 35.5. The molecule has 3 nitrogen and oxygen atoms in total. The summed E-state index contributed by atoms with van der Waals surface area (Å²) in [5.74, 6) is 1.49. The Morgan fingerprint density at radius 3 is 2.48 bits per heavy atom. The minimum absolute atomic E-state index is 0. The van der Waals surface area contributed by atoms with Gasteiger partial charge in [0, 0.05) is 28.2 Å². The maximum atomic E-state index is 6.22. The van der Waals surface area contributed by atoms with Crippen LogP contribution in [-0.2, 0) is 13.2 Å². The van der Waals surface area contributed by atoms with Crippen LogP contribution in [0.25, 0.3) is 0 Å². The third kappa shape index (κ3) is 6.46. The Hall–Kier alpha value is -1.13. The van der Waals surface area contributed by atoms with E-state index in [1.165, 1.54) is 31.2 Å². The topological polar surface area (TPSA) is 30.5 Å². The van der Waals surface area contributed by atoms with Gasteiger partial charge in [0.15, 0.2) is 11.5 Å². The van der Waals surface area contributed by atoms with Gasteiger partial charge in [0.1, 0.15) is 6.61 Å². The zero-order chi connectivity index (χ0) is 18.4. The number of hydrogen-bond acceptors (Lipinski definition) is 3. The largest absolute Gasteiger partial charge is 0.490 e. The predicted octanol–water partition coefficient (Wildman–Crippen LogP) is 6.43. The summed E-state index contributed by atoms with van der Waals surface area (Å²) in [6, 6.07) is 12.2. The summed E-state index contributed by atoms with van der Waals surface area (Å²) in [6.45, 7) is 3.80. The van der Waals surface area contributed by atoms with E-state index < -0.39 is 0 Å². The lowest BCUT2D eigenvalue weighted by atomic mass is 10.1. The molecular formula is C21H26Cl3NO2. The summed E-state index contributed by atoms with van der Waals surface area (Å²) in [5, 5.41) is 4.85. The van der Waals surface area contributed by atoms with Crippen LogP contribution in [0, 0.1) is 0 Å². The van der Waals surface area contributed by atoms with Gasteiger partial charge in [-0.15, -0.1) is 12.4 Å². The minimum Gasteiger partial charge on any atom is -0.490 e. The van der Waals surface area contributed by atoms with Crippen LogP contribution in [0.5, 0.6) is 11.5 Å². The molecule has 0 spiro atoms. The summed E-state index contributed by atoms with van der Waals surface area (Å²) in [4.78, 5) is 0. The van der Waals surface area contributed by atoms with Crippen LogP contribution >= 0.6 is 35.6 Å². The Labute approximate surface area is 177 Å². The first-order valence-electron chi connectivity index (χ1n) is 9.21. The molecule has 1 saturated carbocycles. The highest BCUT2D eigenvalue weighted by molar-refractivity contribution is 6.35. The van der Waals surface area contributed by atoms with E-state index in [0.29, 0.717) is 29.3 Å². The van der Waals surface area contributed by atoms with Gasteiger partial charge in [-0.1, -0.05) is 48.2 Å². The van der Waals surface area contributed by atoms with Crippen molar-refractivity contribution in [3.63, 3.8) is 0 Å². The van der Waals surface area contributed by atoms with E-state index in [0.717, 1.165) is 23.6 Å². The van der Waals surface area contributed by atoms with Crippen molar-refractivity contribution in [2.75, 3.05) is 6.61 Å². The molecule has 0 aliphatic heterocycles. The third-order valence-electron chi connectivity index (χ3n) is 4.66. The quantitative estimate of drug-likeness (QED) is 0.524. The maximum absolute atomic E-state index is 6.22. The van der Waals surface area contributed by atoms with E-state index in [9.17, 15) is 0 Å². The van der Waals surface area contributed by atoms with Crippen molar-refractivity contribution in [1.29, 1.82) is 0 Å². The van der Waals surface area contributed by atoms with Crippen molar-refractivity contribution in [3.8, 4) is 11.5 Å². The molecule has 6 heteroatoms. The van der Waals surface area contributed by atoms with Crippen LogP contribution in [0.4, 0.5) is 0 Å². The van der Waals surface area contributed by atoms with Crippen LogP contribution < -0.4 is 14.8 Å². The molecule has 0 heterocycles. The summed E-state index contributed by atoms with van der Waals surface area (Å²) in [5.41, 5.74) is 2.10. The van der Waals surface area contributed by atoms with Gasteiger partial charge in [-0.3, -0.25) is 0 Å².